The minimum atomic E-state index is -0.317. The zero-order valence-electron chi connectivity index (χ0n) is 12.7. The van der Waals surface area contributed by atoms with Crippen LogP contribution in [0.3, 0.4) is 0 Å². The maximum Gasteiger partial charge on any atom is 0.254 e. The predicted molar refractivity (Wildman–Crippen MR) is 78.4 cm³/mol. The van der Waals surface area contributed by atoms with Crippen LogP contribution < -0.4 is 9.47 Å². The van der Waals surface area contributed by atoms with Gasteiger partial charge in [-0.3, -0.25) is 4.79 Å². The normalized spacial score (nSPS) is 17.0. The molecule has 2 rings (SSSR count). The molecule has 1 aromatic rings. The van der Waals surface area contributed by atoms with Gasteiger partial charge in [0.05, 0.1) is 25.7 Å². The third kappa shape index (κ3) is 3.27. The fraction of sp³-hybridized carbons (Fsp3) is 0.500. The molecule has 1 aliphatic rings. The Morgan fingerprint density at radius 2 is 1.71 bits per heavy atom. The second-order valence-corrected chi connectivity index (χ2v) is 5.57. The fourth-order valence-corrected chi connectivity index (χ4v) is 2.43. The van der Waals surface area contributed by atoms with Crippen molar-refractivity contribution in [3.63, 3.8) is 0 Å². The number of nitrogens with zero attached hydrogens (tertiary/aromatic N) is 2. The Balaban J connectivity index is 2.16. The fourth-order valence-electron chi connectivity index (χ4n) is 2.43. The van der Waals surface area contributed by atoms with Crippen molar-refractivity contribution < 1.29 is 14.3 Å². The Kier molecular flexibility index (Phi) is 4.37. The molecule has 0 unspecified atom stereocenters. The summed E-state index contributed by atoms with van der Waals surface area (Å²) in [6, 6.07) is 7.50. The maximum absolute atomic E-state index is 12.6. The molecule has 0 bridgehead atoms. The van der Waals surface area contributed by atoms with E-state index in [2.05, 4.69) is 6.07 Å². The lowest BCUT2D eigenvalue weighted by Gasteiger charge is -2.35. The highest BCUT2D eigenvalue weighted by molar-refractivity contribution is 5.95. The van der Waals surface area contributed by atoms with Gasteiger partial charge in [-0.15, -0.1) is 0 Å². The van der Waals surface area contributed by atoms with Gasteiger partial charge in [0.15, 0.2) is 0 Å². The van der Waals surface area contributed by atoms with E-state index in [0.29, 0.717) is 43.0 Å². The molecule has 1 aromatic carbocycles. The number of benzene rings is 1. The Morgan fingerprint density at radius 3 is 2.14 bits per heavy atom. The van der Waals surface area contributed by atoms with Gasteiger partial charge in [-0.1, -0.05) is 0 Å². The number of rotatable bonds is 3. The van der Waals surface area contributed by atoms with Crippen molar-refractivity contribution in [1.29, 1.82) is 5.26 Å². The third-order valence-corrected chi connectivity index (χ3v) is 4.02. The SMILES string of the molecule is COc1cc(OC)cc(C(=O)N2CCC(C)(C#N)CC2)c1. The molecular weight excluding hydrogens is 268 g/mol. The van der Waals surface area contributed by atoms with Gasteiger partial charge in [0.25, 0.3) is 5.91 Å². The van der Waals surface area contributed by atoms with E-state index in [1.54, 1.807) is 37.3 Å². The third-order valence-electron chi connectivity index (χ3n) is 4.02. The number of hydrogen-bond acceptors (Lipinski definition) is 4. The van der Waals surface area contributed by atoms with Crippen LogP contribution in [0.2, 0.25) is 0 Å². The van der Waals surface area contributed by atoms with Gasteiger partial charge < -0.3 is 14.4 Å². The van der Waals surface area contributed by atoms with Crippen LogP contribution in [-0.4, -0.2) is 38.1 Å². The summed E-state index contributed by atoms with van der Waals surface area (Å²) in [6.45, 7) is 3.15. The summed E-state index contributed by atoms with van der Waals surface area (Å²) in [7, 11) is 3.12. The number of carbonyl (C=O) groups is 1. The molecule has 0 N–H and O–H groups in total. The van der Waals surface area contributed by atoms with Crippen LogP contribution in [0.1, 0.15) is 30.1 Å². The summed E-state index contributed by atoms with van der Waals surface area (Å²) in [5.74, 6) is 1.14. The average Bonchev–Trinajstić information content (AvgIpc) is 2.54. The molecule has 21 heavy (non-hydrogen) atoms. The molecule has 112 valence electrons. The molecule has 0 saturated carbocycles. The lowest BCUT2D eigenvalue weighted by atomic mass is 9.82. The van der Waals surface area contributed by atoms with E-state index in [1.165, 1.54) is 0 Å². The number of ether oxygens (including phenoxy) is 2. The first-order chi connectivity index (χ1) is 10.0. The van der Waals surface area contributed by atoms with E-state index >= 15 is 0 Å². The molecule has 0 aromatic heterocycles. The molecule has 0 radical (unpaired) electrons. The molecule has 5 nitrogen and oxygen atoms in total. The second-order valence-electron chi connectivity index (χ2n) is 5.57. The van der Waals surface area contributed by atoms with E-state index in [4.69, 9.17) is 14.7 Å². The lowest BCUT2D eigenvalue weighted by Crippen LogP contribution is -2.41. The Hall–Kier alpha value is -2.22. The molecule has 0 atom stereocenters. The molecular formula is C16H20N2O3. The van der Waals surface area contributed by atoms with Crippen LogP contribution in [0.4, 0.5) is 0 Å². The smallest absolute Gasteiger partial charge is 0.254 e. The maximum atomic E-state index is 12.6. The summed E-state index contributed by atoms with van der Waals surface area (Å²) in [5.41, 5.74) is 0.231. The van der Waals surface area contributed by atoms with Gasteiger partial charge in [-0.2, -0.15) is 5.26 Å². The number of hydrogen-bond donors (Lipinski definition) is 0. The van der Waals surface area contributed by atoms with E-state index in [9.17, 15) is 4.79 Å². The second kappa shape index (κ2) is 6.04. The van der Waals surface area contributed by atoms with Crippen molar-refractivity contribution in [2.24, 2.45) is 5.41 Å². The molecule has 0 aliphatic carbocycles. The zero-order valence-corrected chi connectivity index (χ0v) is 12.7. The average molecular weight is 288 g/mol. The van der Waals surface area contributed by atoms with Crippen molar-refractivity contribution in [1.82, 2.24) is 4.90 Å². The number of likely N-dealkylation sites (tertiary alicyclic amines) is 1. The molecule has 1 amide bonds. The zero-order chi connectivity index (χ0) is 15.5. The first-order valence-electron chi connectivity index (χ1n) is 6.95. The molecule has 5 heteroatoms. The van der Waals surface area contributed by atoms with Crippen molar-refractivity contribution in [2.45, 2.75) is 19.8 Å². The Labute approximate surface area is 125 Å². The van der Waals surface area contributed by atoms with Crippen LogP contribution in [0.5, 0.6) is 11.5 Å². The van der Waals surface area contributed by atoms with E-state index in [0.717, 1.165) is 0 Å². The topological polar surface area (TPSA) is 62.6 Å². The highest BCUT2D eigenvalue weighted by Crippen LogP contribution is 2.31. The number of piperidine rings is 1. The number of nitriles is 1. The van der Waals surface area contributed by atoms with Crippen LogP contribution in [0.15, 0.2) is 18.2 Å². The van der Waals surface area contributed by atoms with E-state index < -0.39 is 0 Å². The molecule has 1 heterocycles. The minimum Gasteiger partial charge on any atom is -0.497 e. The summed E-state index contributed by atoms with van der Waals surface area (Å²) in [5, 5.41) is 9.14. The van der Waals surface area contributed by atoms with Crippen molar-refractivity contribution in [3.05, 3.63) is 23.8 Å². The van der Waals surface area contributed by atoms with E-state index in [1.807, 2.05) is 6.92 Å². The predicted octanol–water partition coefficient (Wildman–Crippen LogP) is 2.47. The summed E-state index contributed by atoms with van der Waals surface area (Å²) < 4.78 is 10.4. The largest absolute Gasteiger partial charge is 0.497 e. The number of methoxy groups -OCH3 is 2. The molecule has 1 saturated heterocycles. The summed E-state index contributed by atoms with van der Waals surface area (Å²) >= 11 is 0. The number of carbonyl (C=O) groups excluding carboxylic acids is 1. The van der Waals surface area contributed by atoms with Crippen LogP contribution in [-0.2, 0) is 0 Å². The van der Waals surface area contributed by atoms with Crippen LogP contribution in [0, 0.1) is 16.7 Å². The standard InChI is InChI=1S/C16H20N2O3/c1-16(11-17)4-6-18(7-5-16)15(19)12-8-13(20-2)10-14(9-12)21-3/h8-10H,4-7H2,1-3H3. The Bertz CT molecular complexity index is 547. The van der Waals surface area contributed by atoms with Crippen molar-refractivity contribution in [2.75, 3.05) is 27.3 Å². The van der Waals surface area contributed by atoms with Crippen molar-refractivity contribution in [3.8, 4) is 17.6 Å². The van der Waals surface area contributed by atoms with Gasteiger partial charge in [0.1, 0.15) is 11.5 Å². The van der Waals surface area contributed by atoms with Crippen LogP contribution >= 0.6 is 0 Å². The minimum absolute atomic E-state index is 0.0489. The quantitative estimate of drug-likeness (QED) is 0.857. The molecule has 1 aliphatic heterocycles. The lowest BCUT2D eigenvalue weighted by molar-refractivity contribution is 0.0661. The monoisotopic (exact) mass is 288 g/mol. The van der Waals surface area contributed by atoms with Gasteiger partial charge in [0.2, 0.25) is 0 Å². The Morgan fingerprint density at radius 1 is 1.19 bits per heavy atom. The summed E-state index contributed by atoms with van der Waals surface area (Å²) in [4.78, 5) is 14.4. The number of amides is 1. The highest BCUT2D eigenvalue weighted by atomic mass is 16.5. The van der Waals surface area contributed by atoms with Crippen LogP contribution in [0.25, 0.3) is 0 Å². The molecule has 0 spiro atoms. The van der Waals surface area contributed by atoms with E-state index in [-0.39, 0.29) is 11.3 Å². The highest BCUT2D eigenvalue weighted by Gasteiger charge is 2.32. The van der Waals surface area contributed by atoms with Gasteiger partial charge >= 0.3 is 0 Å². The first-order valence-corrected chi connectivity index (χ1v) is 6.95. The van der Waals surface area contributed by atoms with Gasteiger partial charge in [-0.05, 0) is 31.9 Å². The van der Waals surface area contributed by atoms with Gasteiger partial charge in [0, 0.05) is 24.7 Å². The molecule has 1 fully saturated rings. The summed E-state index contributed by atoms with van der Waals surface area (Å²) in [6.07, 6.45) is 1.41. The van der Waals surface area contributed by atoms with Crippen molar-refractivity contribution >= 4 is 5.91 Å². The first kappa shape index (κ1) is 15.2. The van der Waals surface area contributed by atoms with Gasteiger partial charge in [-0.25, -0.2) is 0 Å².